The maximum Gasteiger partial charge on any atom is 0.469 e. The summed E-state index contributed by atoms with van der Waals surface area (Å²) in [5, 5.41) is 0. The van der Waals surface area contributed by atoms with Gasteiger partial charge in [0.05, 0.1) is 6.61 Å². The van der Waals surface area contributed by atoms with Gasteiger partial charge >= 0.3 is 19.8 Å². The minimum atomic E-state index is -4.74. The quantitative estimate of drug-likeness (QED) is 0.0289. The van der Waals surface area contributed by atoms with Crippen molar-refractivity contribution in [2.75, 3.05) is 13.2 Å². The number of phosphoric ester groups is 1. The van der Waals surface area contributed by atoms with Crippen LogP contribution in [-0.2, 0) is 28.2 Å². The lowest BCUT2D eigenvalue weighted by Crippen LogP contribution is -2.29. The summed E-state index contributed by atoms with van der Waals surface area (Å²) in [5.74, 6) is -0.887. The molecule has 8 nitrogen and oxygen atoms in total. The van der Waals surface area contributed by atoms with Crippen LogP contribution in [0.25, 0.3) is 0 Å². The fraction of sp³-hybridized carbons (Fsp3) is 0.895. The van der Waals surface area contributed by atoms with Gasteiger partial charge < -0.3 is 19.3 Å². The minimum absolute atomic E-state index is 0.205. The molecule has 278 valence electrons. The molecule has 2 N–H and O–H groups in total. The summed E-state index contributed by atoms with van der Waals surface area (Å²) >= 11 is 0. The second kappa shape index (κ2) is 34.6. The first-order valence-electron chi connectivity index (χ1n) is 19.5. The molecule has 0 bridgehead atoms. The Balaban J connectivity index is 3.90. The Labute approximate surface area is 288 Å². The molecule has 0 aromatic rings. The minimum Gasteiger partial charge on any atom is -0.462 e. The third-order valence-corrected chi connectivity index (χ3v) is 9.02. The molecule has 0 radical (unpaired) electrons. The molecule has 0 heterocycles. The molecule has 0 aromatic heterocycles. The van der Waals surface area contributed by atoms with Gasteiger partial charge in [0.25, 0.3) is 0 Å². The summed E-state index contributed by atoms with van der Waals surface area (Å²) in [6.07, 6.45) is 36.5. The number of phosphoric acid groups is 1. The smallest absolute Gasteiger partial charge is 0.462 e. The van der Waals surface area contributed by atoms with Crippen molar-refractivity contribution in [3.8, 4) is 0 Å². The average molecular weight is 689 g/mol. The fourth-order valence-electron chi connectivity index (χ4n) is 5.60. The van der Waals surface area contributed by atoms with E-state index in [0.717, 1.165) is 57.8 Å². The highest BCUT2D eigenvalue weighted by Crippen LogP contribution is 2.36. The Bertz CT molecular complexity index is 782. The van der Waals surface area contributed by atoms with E-state index in [4.69, 9.17) is 19.3 Å². The lowest BCUT2D eigenvalue weighted by molar-refractivity contribution is -0.161. The zero-order valence-electron chi connectivity index (χ0n) is 30.4. The first-order valence-corrected chi connectivity index (χ1v) is 21.0. The lowest BCUT2D eigenvalue weighted by atomic mass is 10.0. The predicted molar refractivity (Wildman–Crippen MR) is 193 cm³/mol. The van der Waals surface area contributed by atoms with Gasteiger partial charge in [-0.1, -0.05) is 161 Å². The number of carbonyl (C=O) groups is 2. The number of unbranched alkanes of at least 4 members (excludes halogenated alkanes) is 24. The fourth-order valence-corrected chi connectivity index (χ4v) is 5.96. The maximum atomic E-state index is 12.3. The topological polar surface area (TPSA) is 119 Å². The van der Waals surface area contributed by atoms with E-state index in [9.17, 15) is 14.2 Å². The van der Waals surface area contributed by atoms with Gasteiger partial charge in [-0.2, -0.15) is 0 Å². The molecule has 47 heavy (non-hydrogen) atoms. The molecule has 0 aliphatic heterocycles. The Kier molecular flexibility index (Phi) is 33.8. The van der Waals surface area contributed by atoms with Crippen molar-refractivity contribution in [1.29, 1.82) is 0 Å². The van der Waals surface area contributed by atoms with E-state index in [1.807, 2.05) is 0 Å². The van der Waals surface area contributed by atoms with Crippen LogP contribution < -0.4 is 0 Å². The maximum absolute atomic E-state index is 12.3. The monoisotopic (exact) mass is 689 g/mol. The molecule has 0 saturated heterocycles. The van der Waals surface area contributed by atoms with Gasteiger partial charge in [0.2, 0.25) is 0 Å². The number of rotatable bonds is 36. The summed E-state index contributed by atoms with van der Waals surface area (Å²) in [4.78, 5) is 42.7. The number of allylic oxidation sites excluding steroid dienone is 2. The number of ether oxygens (including phenoxy) is 2. The molecule has 0 fully saturated rings. The zero-order chi connectivity index (χ0) is 34.7. The van der Waals surface area contributed by atoms with Crippen molar-refractivity contribution < 1.29 is 37.9 Å². The van der Waals surface area contributed by atoms with Crippen LogP contribution in [0.2, 0.25) is 0 Å². The molecule has 0 aromatic carbocycles. The molecular formula is C38H73O8P. The van der Waals surface area contributed by atoms with Gasteiger partial charge in [0, 0.05) is 12.8 Å². The predicted octanol–water partition coefficient (Wildman–Crippen LogP) is 11.5. The number of hydrogen-bond donors (Lipinski definition) is 2. The second-order valence-corrected chi connectivity index (χ2v) is 14.5. The number of esters is 2. The van der Waals surface area contributed by atoms with Crippen LogP contribution in [-0.4, -0.2) is 41.0 Å². The molecule has 9 heteroatoms. The Morgan fingerprint density at radius 1 is 0.532 bits per heavy atom. The summed E-state index contributed by atoms with van der Waals surface area (Å²) in [6.45, 7) is 3.66. The third-order valence-electron chi connectivity index (χ3n) is 8.53. The Morgan fingerprint density at radius 3 is 1.34 bits per heavy atom. The molecule has 1 atom stereocenters. The number of carbonyl (C=O) groups excluding carboxylic acids is 2. The molecule has 0 saturated carbocycles. The highest BCUT2D eigenvalue weighted by atomic mass is 31.2. The van der Waals surface area contributed by atoms with Crippen molar-refractivity contribution in [3.05, 3.63) is 12.2 Å². The van der Waals surface area contributed by atoms with Crippen LogP contribution in [0, 0.1) is 0 Å². The largest absolute Gasteiger partial charge is 0.469 e. The van der Waals surface area contributed by atoms with Gasteiger partial charge in [-0.3, -0.25) is 14.1 Å². The van der Waals surface area contributed by atoms with E-state index >= 15 is 0 Å². The van der Waals surface area contributed by atoms with Crippen molar-refractivity contribution in [2.24, 2.45) is 0 Å². The average Bonchev–Trinajstić information content (AvgIpc) is 3.04. The Hall–Kier alpha value is -1.21. The zero-order valence-corrected chi connectivity index (χ0v) is 31.3. The van der Waals surface area contributed by atoms with E-state index in [1.54, 1.807) is 0 Å². The molecule has 0 amide bonds. The summed E-state index contributed by atoms with van der Waals surface area (Å²) in [5.41, 5.74) is 0. The summed E-state index contributed by atoms with van der Waals surface area (Å²) in [6, 6.07) is 0. The second-order valence-electron chi connectivity index (χ2n) is 13.3. The molecule has 0 spiro atoms. The van der Waals surface area contributed by atoms with Crippen LogP contribution >= 0.6 is 7.82 Å². The van der Waals surface area contributed by atoms with Crippen LogP contribution in [0.1, 0.15) is 200 Å². The molecular weight excluding hydrogens is 615 g/mol. The molecule has 0 unspecified atom stereocenters. The van der Waals surface area contributed by atoms with Gasteiger partial charge in [-0.25, -0.2) is 4.57 Å². The van der Waals surface area contributed by atoms with Crippen molar-refractivity contribution in [2.45, 2.75) is 206 Å². The van der Waals surface area contributed by atoms with E-state index in [0.29, 0.717) is 6.42 Å². The SMILES string of the molecule is CCCCC/C=C/CCCCCCCC(=O)O[C@H](COC(=O)CCCCCCCCCCCCCCCCCCC)COP(=O)(O)O. The van der Waals surface area contributed by atoms with E-state index in [2.05, 4.69) is 30.5 Å². The van der Waals surface area contributed by atoms with Crippen molar-refractivity contribution >= 4 is 19.8 Å². The molecule has 0 aliphatic rings. The molecule has 0 aliphatic carbocycles. The number of hydrogen-bond acceptors (Lipinski definition) is 6. The summed E-state index contributed by atoms with van der Waals surface area (Å²) in [7, 11) is -4.74. The van der Waals surface area contributed by atoms with E-state index < -0.39 is 32.5 Å². The van der Waals surface area contributed by atoms with E-state index in [1.165, 1.54) is 109 Å². The van der Waals surface area contributed by atoms with Gasteiger partial charge in [-0.05, 0) is 38.5 Å². The van der Waals surface area contributed by atoms with Crippen LogP contribution in [0.4, 0.5) is 0 Å². The van der Waals surface area contributed by atoms with Crippen molar-refractivity contribution in [1.82, 2.24) is 0 Å². The van der Waals surface area contributed by atoms with Gasteiger partial charge in [-0.15, -0.1) is 0 Å². The van der Waals surface area contributed by atoms with Crippen LogP contribution in [0.5, 0.6) is 0 Å². The highest BCUT2D eigenvalue weighted by molar-refractivity contribution is 7.46. The van der Waals surface area contributed by atoms with Crippen LogP contribution in [0.15, 0.2) is 12.2 Å². The first-order chi connectivity index (χ1) is 22.8. The normalized spacial score (nSPS) is 12.5. The molecule has 0 rings (SSSR count). The van der Waals surface area contributed by atoms with Crippen molar-refractivity contribution in [3.63, 3.8) is 0 Å². The Morgan fingerprint density at radius 2 is 0.894 bits per heavy atom. The summed E-state index contributed by atoms with van der Waals surface area (Å²) < 4.78 is 26.3. The van der Waals surface area contributed by atoms with Crippen LogP contribution in [0.3, 0.4) is 0 Å². The van der Waals surface area contributed by atoms with Gasteiger partial charge in [0.15, 0.2) is 6.10 Å². The lowest BCUT2D eigenvalue weighted by Gasteiger charge is -2.18. The first kappa shape index (κ1) is 45.8. The van der Waals surface area contributed by atoms with E-state index in [-0.39, 0.29) is 19.4 Å². The standard InChI is InChI=1S/C38H73O8P/c1-3-5-7-9-11-13-15-17-18-19-20-21-23-24-26-28-30-32-37(39)44-34-36(35-45-47(41,42)43)46-38(40)33-31-29-27-25-22-16-14-12-10-8-6-4-2/h12,14,36H,3-11,13,15-35H2,1-2H3,(H2,41,42,43)/b14-12+/t36-/m1/s1. The van der Waals surface area contributed by atoms with Gasteiger partial charge in [0.1, 0.15) is 6.61 Å². The highest BCUT2D eigenvalue weighted by Gasteiger charge is 2.22. The third kappa shape index (κ3) is 37.5.